The second kappa shape index (κ2) is 6.71. The van der Waals surface area contributed by atoms with Crippen LogP contribution in [0.15, 0.2) is 48.5 Å². The molecule has 2 aromatic carbocycles. The van der Waals surface area contributed by atoms with Crippen molar-refractivity contribution in [1.29, 1.82) is 0 Å². The Morgan fingerprint density at radius 2 is 2.00 bits per heavy atom. The average Bonchev–Trinajstić information content (AvgIpc) is 3.49. The maximum atomic E-state index is 13.3. The van der Waals surface area contributed by atoms with Crippen LogP contribution in [0.2, 0.25) is 0 Å². The van der Waals surface area contributed by atoms with E-state index in [0.29, 0.717) is 18.5 Å². The molecule has 6 rings (SSSR count). The number of aromatic nitrogens is 1. The van der Waals surface area contributed by atoms with E-state index < -0.39 is 6.04 Å². The zero-order chi connectivity index (χ0) is 20.2. The Balaban J connectivity index is 1.43. The van der Waals surface area contributed by atoms with E-state index in [1.807, 2.05) is 42.5 Å². The molecule has 3 aliphatic rings. The summed E-state index contributed by atoms with van der Waals surface area (Å²) in [5.74, 6) is -0.176. The van der Waals surface area contributed by atoms with Gasteiger partial charge in [-0.2, -0.15) is 0 Å². The summed E-state index contributed by atoms with van der Waals surface area (Å²) in [7, 11) is 0. The summed E-state index contributed by atoms with van der Waals surface area (Å²) in [4.78, 5) is 31.9. The first-order valence-electron chi connectivity index (χ1n) is 10.6. The number of amides is 2. The minimum atomic E-state index is -0.539. The smallest absolute Gasteiger partial charge is 0.255 e. The van der Waals surface area contributed by atoms with Gasteiger partial charge in [-0.25, -0.2) is 0 Å². The highest BCUT2D eigenvalue weighted by molar-refractivity contribution is 6.03. The Kier molecular flexibility index (Phi) is 3.96. The third-order valence-electron chi connectivity index (χ3n) is 6.68. The van der Waals surface area contributed by atoms with E-state index in [4.69, 9.17) is 4.74 Å². The third-order valence-corrected chi connectivity index (χ3v) is 6.68. The number of carbonyl (C=O) groups is 2. The van der Waals surface area contributed by atoms with Gasteiger partial charge in [-0.1, -0.05) is 36.4 Å². The van der Waals surface area contributed by atoms with Gasteiger partial charge in [-0.3, -0.25) is 9.59 Å². The number of hydrogen-bond acceptors (Lipinski definition) is 3. The fourth-order valence-corrected chi connectivity index (χ4v) is 5.27. The summed E-state index contributed by atoms with van der Waals surface area (Å²) in [5, 5.41) is 4.18. The number of carbonyl (C=O) groups excluding carboxylic acids is 2. The molecule has 3 unspecified atom stereocenters. The minimum Gasteiger partial charge on any atom is -0.376 e. The molecular formula is C24H23N3O3. The number of nitrogens with one attached hydrogen (secondary N) is 2. The van der Waals surface area contributed by atoms with Crippen molar-refractivity contribution in [3.05, 3.63) is 70.9 Å². The topological polar surface area (TPSA) is 74.4 Å². The molecule has 3 aromatic rings. The zero-order valence-corrected chi connectivity index (χ0v) is 16.6. The Labute approximate surface area is 174 Å². The molecule has 1 saturated heterocycles. The van der Waals surface area contributed by atoms with Crippen molar-refractivity contribution in [3.8, 4) is 0 Å². The molecule has 1 aromatic heterocycles. The largest absolute Gasteiger partial charge is 0.376 e. The summed E-state index contributed by atoms with van der Waals surface area (Å²) in [6.45, 7) is 1.25. The van der Waals surface area contributed by atoms with E-state index >= 15 is 0 Å². The number of benzene rings is 2. The first kappa shape index (κ1) is 17.7. The molecule has 0 spiro atoms. The monoisotopic (exact) mass is 401 g/mol. The maximum absolute atomic E-state index is 13.3. The second-order valence-electron chi connectivity index (χ2n) is 8.37. The highest BCUT2D eigenvalue weighted by Gasteiger charge is 2.48. The summed E-state index contributed by atoms with van der Waals surface area (Å²) in [5.41, 5.74) is 4.85. The van der Waals surface area contributed by atoms with E-state index in [2.05, 4.69) is 16.4 Å². The number of nitrogens with zero attached hydrogens (tertiary/aromatic N) is 1. The Hall–Kier alpha value is -3.12. The predicted octanol–water partition coefficient (Wildman–Crippen LogP) is 2.93. The van der Waals surface area contributed by atoms with Crippen LogP contribution in [0.25, 0.3) is 10.9 Å². The Morgan fingerprint density at radius 3 is 2.87 bits per heavy atom. The van der Waals surface area contributed by atoms with Gasteiger partial charge in [0.1, 0.15) is 6.04 Å². The summed E-state index contributed by atoms with van der Waals surface area (Å²) >= 11 is 0. The van der Waals surface area contributed by atoms with Crippen LogP contribution in [0.4, 0.5) is 0 Å². The van der Waals surface area contributed by atoms with E-state index in [9.17, 15) is 9.59 Å². The molecule has 2 N–H and O–H groups in total. The van der Waals surface area contributed by atoms with Crippen molar-refractivity contribution >= 4 is 22.7 Å². The lowest BCUT2D eigenvalue weighted by Gasteiger charge is -2.37. The SMILES string of the molecule is O=C(NCC1CCCO1)C1Cc2c([nH]c3ccccc23)C2c3ccccc3C(=O)N12. The van der Waals surface area contributed by atoms with Crippen LogP contribution < -0.4 is 5.32 Å². The van der Waals surface area contributed by atoms with Crippen molar-refractivity contribution in [3.63, 3.8) is 0 Å². The molecular weight excluding hydrogens is 378 g/mol. The molecule has 30 heavy (non-hydrogen) atoms. The predicted molar refractivity (Wildman–Crippen MR) is 112 cm³/mol. The number of rotatable bonds is 3. The fourth-order valence-electron chi connectivity index (χ4n) is 5.27. The van der Waals surface area contributed by atoms with Crippen LogP contribution in [0.1, 0.15) is 46.1 Å². The first-order chi connectivity index (χ1) is 14.7. The molecule has 3 aliphatic heterocycles. The van der Waals surface area contributed by atoms with Gasteiger partial charge in [0, 0.05) is 41.7 Å². The Morgan fingerprint density at radius 1 is 1.17 bits per heavy atom. The standard InChI is InChI=1S/C24H23N3O3/c28-23(25-13-14-6-5-11-30-14)20-12-18-15-7-3-4-10-19(15)26-21(18)22-16-8-1-2-9-17(16)24(29)27(20)22/h1-4,7-10,14,20,22,26H,5-6,11-13H2,(H,25,28). The van der Waals surface area contributed by atoms with Crippen molar-refractivity contribution in [2.24, 2.45) is 0 Å². The summed E-state index contributed by atoms with van der Waals surface area (Å²) in [6, 6.07) is 15.1. The molecule has 3 atom stereocenters. The summed E-state index contributed by atoms with van der Waals surface area (Å²) in [6.07, 6.45) is 2.58. The highest BCUT2D eigenvalue weighted by atomic mass is 16.5. The molecule has 6 heteroatoms. The molecule has 0 bridgehead atoms. The highest BCUT2D eigenvalue weighted by Crippen LogP contribution is 2.46. The molecule has 0 aliphatic carbocycles. The molecule has 0 saturated carbocycles. The van der Waals surface area contributed by atoms with E-state index in [0.717, 1.165) is 47.2 Å². The van der Waals surface area contributed by atoms with E-state index in [1.54, 1.807) is 4.90 Å². The first-order valence-corrected chi connectivity index (χ1v) is 10.6. The molecule has 0 radical (unpaired) electrons. The fraction of sp³-hybridized carbons (Fsp3) is 0.333. The second-order valence-corrected chi connectivity index (χ2v) is 8.37. The van der Waals surface area contributed by atoms with Crippen LogP contribution in [-0.4, -0.2) is 47.0 Å². The number of hydrogen-bond donors (Lipinski definition) is 2. The van der Waals surface area contributed by atoms with Gasteiger partial charge in [-0.05, 0) is 36.1 Å². The van der Waals surface area contributed by atoms with Crippen LogP contribution in [0, 0.1) is 0 Å². The molecule has 1 fully saturated rings. The molecule has 2 amide bonds. The van der Waals surface area contributed by atoms with Crippen molar-refractivity contribution in [1.82, 2.24) is 15.2 Å². The van der Waals surface area contributed by atoms with Crippen molar-refractivity contribution in [2.75, 3.05) is 13.2 Å². The van der Waals surface area contributed by atoms with Gasteiger partial charge in [0.2, 0.25) is 5.91 Å². The van der Waals surface area contributed by atoms with Gasteiger partial charge in [0.25, 0.3) is 5.91 Å². The normalized spacial score (nSPS) is 24.6. The number of H-pyrrole nitrogens is 1. The lowest BCUT2D eigenvalue weighted by molar-refractivity contribution is -0.126. The number of fused-ring (bicyclic) bond motifs is 7. The maximum Gasteiger partial charge on any atom is 0.255 e. The van der Waals surface area contributed by atoms with Crippen molar-refractivity contribution < 1.29 is 14.3 Å². The van der Waals surface area contributed by atoms with Crippen LogP contribution >= 0.6 is 0 Å². The van der Waals surface area contributed by atoms with E-state index in [-0.39, 0.29) is 24.0 Å². The van der Waals surface area contributed by atoms with Crippen LogP contribution in [0.5, 0.6) is 0 Å². The minimum absolute atomic E-state index is 0.0721. The van der Waals surface area contributed by atoms with Crippen LogP contribution in [0.3, 0.4) is 0 Å². The number of ether oxygens (including phenoxy) is 1. The van der Waals surface area contributed by atoms with E-state index in [1.165, 1.54) is 0 Å². The molecule has 4 heterocycles. The average molecular weight is 401 g/mol. The van der Waals surface area contributed by atoms with Crippen molar-refractivity contribution in [2.45, 2.75) is 37.5 Å². The van der Waals surface area contributed by atoms with Gasteiger partial charge >= 0.3 is 0 Å². The van der Waals surface area contributed by atoms with Gasteiger partial charge in [0.05, 0.1) is 12.1 Å². The lowest BCUT2D eigenvalue weighted by Crippen LogP contribution is -2.53. The van der Waals surface area contributed by atoms with Gasteiger partial charge in [-0.15, -0.1) is 0 Å². The number of para-hydroxylation sites is 1. The third kappa shape index (κ3) is 2.53. The number of aromatic amines is 1. The molecule has 152 valence electrons. The molecule has 6 nitrogen and oxygen atoms in total. The van der Waals surface area contributed by atoms with Gasteiger partial charge in [0.15, 0.2) is 0 Å². The van der Waals surface area contributed by atoms with Gasteiger partial charge < -0.3 is 19.9 Å². The zero-order valence-electron chi connectivity index (χ0n) is 16.6. The van der Waals surface area contributed by atoms with Crippen LogP contribution in [-0.2, 0) is 16.0 Å². The Bertz CT molecular complexity index is 1160. The summed E-state index contributed by atoms with van der Waals surface area (Å²) < 4.78 is 5.65. The quantitative estimate of drug-likeness (QED) is 0.709. The lowest BCUT2D eigenvalue weighted by atomic mass is 9.90.